The van der Waals surface area contributed by atoms with E-state index in [0.717, 1.165) is 0 Å². The Hall–Kier alpha value is -1.27. The Morgan fingerprint density at radius 2 is 2.06 bits per heavy atom. The maximum absolute atomic E-state index is 12.3. The molecule has 1 aliphatic rings. The van der Waals surface area contributed by atoms with Crippen LogP contribution in [0.1, 0.15) is 17.9 Å². The average Bonchev–Trinajstić information content (AvgIpc) is 3.03. The van der Waals surface area contributed by atoms with Crippen molar-refractivity contribution in [2.45, 2.75) is 18.7 Å². The van der Waals surface area contributed by atoms with Crippen molar-refractivity contribution in [3.8, 4) is 5.75 Å². The van der Waals surface area contributed by atoms with Crippen molar-refractivity contribution in [1.29, 1.82) is 0 Å². The summed E-state index contributed by atoms with van der Waals surface area (Å²) in [6.45, 7) is 0.114. The summed E-state index contributed by atoms with van der Waals surface area (Å²) >= 11 is 0. The molecule has 1 aliphatic carbocycles. The van der Waals surface area contributed by atoms with Crippen LogP contribution in [0.4, 0.5) is 13.2 Å². The molecule has 0 spiro atoms. The molecule has 18 heavy (non-hydrogen) atoms. The molecule has 100 valence electrons. The quantitative estimate of drug-likeness (QED) is 0.871. The summed E-state index contributed by atoms with van der Waals surface area (Å²) in [5, 5.41) is 9.27. The number of ether oxygens (including phenoxy) is 1. The molecule has 0 aliphatic heterocycles. The Morgan fingerprint density at radius 1 is 1.39 bits per heavy atom. The van der Waals surface area contributed by atoms with Gasteiger partial charge in [0.25, 0.3) is 0 Å². The second-order valence-corrected chi connectivity index (χ2v) is 4.57. The largest absolute Gasteiger partial charge is 0.573 e. The van der Waals surface area contributed by atoms with E-state index in [1.165, 1.54) is 12.1 Å². The van der Waals surface area contributed by atoms with Gasteiger partial charge in [0.2, 0.25) is 0 Å². The van der Waals surface area contributed by atoms with Crippen molar-refractivity contribution in [2.24, 2.45) is 11.1 Å². The lowest BCUT2D eigenvalue weighted by Gasteiger charge is -2.16. The fourth-order valence-electron chi connectivity index (χ4n) is 2.24. The van der Waals surface area contributed by atoms with Gasteiger partial charge in [0.15, 0.2) is 0 Å². The Kier molecular flexibility index (Phi) is 3.25. The first-order chi connectivity index (χ1) is 8.42. The van der Waals surface area contributed by atoms with Crippen molar-refractivity contribution < 1.29 is 23.0 Å². The number of para-hydroxylation sites is 1. The smallest absolute Gasteiger partial charge is 0.405 e. The van der Waals surface area contributed by atoms with Gasteiger partial charge in [-0.25, -0.2) is 0 Å². The minimum atomic E-state index is -4.71. The molecule has 0 bridgehead atoms. The molecular formula is C12H14F3NO2. The average molecular weight is 261 g/mol. The molecular weight excluding hydrogens is 247 g/mol. The normalized spacial score (nSPS) is 27.1. The van der Waals surface area contributed by atoms with E-state index in [1.54, 1.807) is 12.1 Å². The Labute approximate surface area is 102 Å². The first-order valence-electron chi connectivity index (χ1n) is 5.57. The van der Waals surface area contributed by atoms with Crippen LogP contribution in [-0.2, 0) is 0 Å². The number of benzene rings is 1. The summed E-state index contributed by atoms with van der Waals surface area (Å²) in [5.41, 5.74) is 5.52. The van der Waals surface area contributed by atoms with Gasteiger partial charge in [0.05, 0.1) is 6.61 Å². The van der Waals surface area contributed by atoms with Gasteiger partial charge in [0.1, 0.15) is 5.75 Å². The van der Waals surface area contributed by atoms with E-state index < -0.39 is 11.8 Å². The molecule has 0 unspecified atom stereocenters. The number of alkyl halides is 3. The standard InChI is InChI=1S/C12H14F3NO2/c13-12(14,15)18-10-4-2-1-3-8(10)9-5-11(9,6-16)7-17/h1-4,9,17H,5-7,16H2/t9-,11-/m0/s1. The van der Waals surface area contributed by atoms with E-state index in [-0.39, 0.29) is 24.8 Å². The Bertz CT molecular complexity index is 430. The highest BCUT2D eigenvalue weighted by atomic mass is 19.4. The van der Waals surface area contributed by atoms with E-state index >= 15 is 0 Å². The molecule has 1 aromatic rings. The number of rotatable bonds is 4. The number of hydrogen-bond donors (Lipinski definition) is 2. The third kappa shape index (κ3) is 2.44. The number of halogens is 3. The van der Waals surface area contributed by atoms with E-state index in [1.807, 2.05) is 0 Å². The molecule has 0 aromatic heterocycles. The molecule has 1 fully saturated rings. The van der Waals surface area contributed by atoms with Gasteiger partial charge in [-0.2, -0.15) is 0 Å². The maximum Gasteiger partial charge on any atom is 0.573 e. The Morgan fingerprint density at radius 3 is 2.56 bits per heavy atom. The molecule has 1 saturated carbocycles. The van der Waals surface area contributed by atoms with Crippen LogP contribution in [0, 0.1) is 5.41 Å². The van der Waals surface area contributed by atoms with E-state index in [4.69, 9.17) is 5.73 Å². The van der Waals surface area contributed by atoms with Gasteiger partial charge >= 0.3 is 6.36 Å². The highest BCUT2D eigenvalue weighted by Gasteiger charge is 2.54. The fourth-order valence-corrected chi connectivity index (χ4v) is 2.24. The second-order valence-electron chi connectivity index (χ2n) is 4.57. The van der Waals surface area contributed by atoms with Crippen molar-refractivity contribution in [1.82, 2.24) is 0 Å². The third-order valence-corrected chi connectivity index (χ3v) is 3.43. The van der Waals surface area contributed by atoms with Crippen molar-refractivity contribution in [3.05, 3.63) is 29.8 Å². The summed E-state index contributed by atoms with van der Waals surface area (Å²) < 4.78 is 40.8. The number of aliphatic hydroxyl groups excluding tert-OH is 1. The number of aliphatic hydroxyl groups is 1. The van der Waals surface area contributed by atoms with Gasteiger partial charge in [-0.1, -0.05) is 18.2 Å². The first-order valence-corrected chi connectivity index (χ1v) is 5.57. The zero-order chi connectivity index (χ0) is 13.4. The molecule has 6 heteroatoms. The fraction of sp³-hybridized carbons (Fsp3) is 0.500. The van der Waals surface area contributed by atoms with Crippen molar-refractivity contribution >= 4 is 0 Å². The van der Waals surface area contributed by atoms with Gasteiger partial charge in [-0.05, 0) is 24.0 Å². The monoisotopic (exact) mass is 261 g/mol. The van der Waals surface area contributed by atoms with Crippen LogP contribution in [0.15, 0.2) is 24.3 Å². The summed E-state index contributed by atoms with van der Waals surface area (Å²) in [6.07, 6.45) is -4.13. The van der Waals surface area contributed by atoms with E-state index in [0.29, 0.717) is 12.0 Å². The first kappa shape index (κ1) is 13.2. The Balaban J connectivity index is 2.25. The van der Waals surface area contributed by atoms with Crippen LogP contribution in [0.3, 0.4) is 0 Å². The summed E-state index contributed by atoms with van der Waals surface area (Å²) in [5.74, 6) is -0.384. The highest BCUT2D eigenvalue weighted by Crippen LogP contribution is 2.60. The lowest BCUT2D eigenvalue weighted by Crippen LogP contribution is -2.22. The van der Waals surface area contributed by atoms with E-state index in [2.05, 4.69) is 4.74 Å². The van der Waals surface area contributed by atoms with Gasteiger partial charge in [-0.15, -0.1) is 13.2 Å². The van der Waals surface area contributed by atoms with Crippen LogP contribution < -0.4 is 10.5 Å². The van der Waals surface area contributed by atoms with Crippen LogP contribution in [-0.4, -0.2) is 24.6 Å². The van der Waals surface area contributed by atoms with Crippen LogP contribution in [0.5, 0.6) is 5.75 Å². The molecule has 2 atom stereocenters. The predicted molar refractivity (Wildman–Crippen MR) is 59.1 cm³/mol. The lowest BCUT2D eigenvalue weighted by atomic mass is 9.99. The zero-order valence-electron chi connectivity index (χ0n) is 9.57. The number of hydrogen-bond acceptors (Lipinski definition) is 3. The van der Waals surface area contributed by atoms with Crippen LogP contribution in [0.2, 0.25) is 0 Å². The van der Waals surface area contributed by atoms with Crippen LogP contribution >= 0.6 is 0 Å². The molecule has 0 radical (unpaired) electrons. The van der Waals surface area contributed by atoms with Gasteiger partial charge < -0.3 is 15.6 Å². The molecule has 0 amide bonds. The van der Waals surface area contributed by atoms with Crippen molar-refractivity contribution in [2.75, 3.05) is 13.2 Å². The minimum Gasteiger partial charge on any atom is -0.405 e. The summed E-state index contributed by atoms with van der Waals surface area (Å²) in [7, 11) is 0. The number of nitrogens with two attached hydrogens (primary N) is 1. The minimum absolute atomic E-state index is 0.130. The third-order valence-electron chi connectivity index (χ3n) is 3.43. The van der Waals surface area contributed by atoms with Gasteiger partial charge in [0, 0.05) is 12.0 Å². The highest BCUT2D eigenvalue weighted by molar-refractivity contribution is 5.42. The van der Waals surface area contributed by atoms with Gasteiger partial charge in [-0.3, -0.25) is 0 Å². The van der Waals surface area contributed by atoms with Crippen LogP contribution in [0.25, 0.3) is 0 Å². The SMILES string of the molecule is NC[C@]1(CO)C[C@H]1c1ccccc1OC(F)(F)F. The topological polar surface area (TPSA) is 55.5 Å². The lowest BCUT2D eigenvalue weighted by molar-refractivity contribution is -0.274. The molecule has 3 nitrogen and oxygen atoms in total. The molecule has 0 heterocycles. The van der Waals surface area contributed by atoms with Crippen molar-refractivity contribution in [3.63, 3.8) is 0 Å². The second kappa shape index (κ2) is 4.44. The maximum atomic E-state index is 12.3. The zero-order valence-corrected chi connectivity index (χ0v) is 9.57. The predicted octanol–water partition coefficient (Wildman–Crippen LogP) is 2.01. The summed E-state index contributed by atoms with van der Waals surface area (Å²) in [4.78, 5) is 0. The molecule has 0 saturated heterocycles. The molecule has 1 aromatic carbocycles. The molecule has 2 rings (SSSR count). The molecule has 3 N–H and O–H groups in total. The summed E-state index contributed by atoms with van der Waals surface area (Å²) in [6, 6.07) is 5.99. The van der Waals surface area contributed by atoms with E-state index in [9.17, 15) is 18.3 Å².